The van der Waals surface area contributed by atoms with Crippen molar-refractivity contribution in [2.45, 2.75) is 38.0 Å². The molecule has 1 N–H and O–H groups in total. The van der Waals surface area contributed by atoms with Gasteiger partial charge in [-0.05, 0) is 114 Å². The molecule has 0 bridgehead atoms. The van der Waals surface area contributed by atoms with E-state index < -0.39 is 76.2 Å². The summed E-state index contributed by atoms with van der Waals surface area (Å²) in [5, 5.41) is 0. The summed E-state index contributed by atoms with van der Waals surface area (Å²) < 4.78 is 91.8. The average molecular weight is 1030 g/mol. The van der Waals surface area contributed by atoms with E-state index in [1.54, 1.807) is 24.3 Å². The van der Waals surface area contributed by atoms with Crippen LogP contribution in [-0.4, -0.2) is 48.4 Å². The van der Waals surface area contributed by atoms with Crippen molar-refractivity contribution >= 4 is 124 Å². The summed E-state index contributed by atoms with van der Waals surface area (Å²) >= 11 is 19.7. The summed E-state index contributed by atoms with van der Waals surface area (Å²) in [6.45, 7) is 0.296. The third-order valence-electron chi connectivity index (χ3n) is 6.42. The van der Waals surface area contributed by atoms with E-state index in [9.17, 15) is 36.0 Å². The number of benzene rings is 2. The van der Waals surface area contributed by atoms with E-state index in [1.807, 2.05) is 0 Å². The van der Waals surface area contributed by atoms with E-state index in [2.05, 4.69) is 100 Å². The minimum atomic E-state index is -5.40. The molecule has 0 aliphatic heterocycles. The van der Waals surface area contributed by atoms with Crippen molar-refractivity contribution < 1.29 is 54.7 Å². The molecule has 242 valence electrons. The van der Waals surface area contributed by atoms with Crippen molar-refractivity contribution in [1.82, 2.24) is 0 Å². The lowest BCUT2D eigenvalue weighted by molar-refractivity contribution is -0.258. The fourth-order valence-corrected chi connectivity index (χ4v) is 10.1. The van der Waals surface area contributed by atoms with Gasteiger partial charge in [-0.15, -0.1) is 0 Å². The van der Waals surface area contributed by atoms with Gasteiger partial charge in [-0.2, -0.15) is 21.6 Å². The SMILES string of the molecule is CC(CS(=O)(=O)O)(OC(=O)C1CC(C(=O)Oc2c(Br)cc(Br)cc2Br)CC(C(=O)Oc2c(Br)cc(Br)cc2Br)C1)C(F)(F)F. The topological polar surface area (TPSA) is 133 Å². The highest BCUT2D eigenvalue weighted by Gasteiger charge is 2.58. The molecule has 1 fully saturated rings. The highest BCUT2D eigenvalue weighted by molar-refractivity contribution is 9.12. The van der Waals surface area contributed by atoms with Gasteiger partial charge < -0.3 is 14.2 Å². The second-order valence-corrected chi connectivity index (χ2v) is 16.6. The first-order valence-electron chi connectivity index (χ1n) is 12.1. The third-order valence-corrected chi connectivity index (χ3v) is 10.6. The molecule has 9 nitrogen and oxygen atoms in total. The molecule has 3 atom stereocenters. The first-order chi connectivity index (χ1) is 20.1. The molecular formula is C25H19Br6F3O9S. The highest BCUT2D eigenvalue weighted by atomic mass is 79.9. The van der Waals surface area contributed by atoms with Crippen molar-refractivity contribution in [2.24, 2.45) is 17.8 Å². The molecule has 2 aromatic rings. The minimum Gasteiger partial charge on any atom is -0.448 e. The van der Waals surface area contributed by atoms with E-state index in [0.29, 0.717) is 33.8 Å². The number of halogens is 9. The zero-order valence-electron chi connectivity index (χ0n) is 21.9. The Bertz CT molecular complexity index is 1460. The standard InChI is InChI=1S/C25H19Br6F3O9S/c1-24(25(32,33)34,9-44(38,39)40)43-23(37)12-3-10(21(35)41-19-15(28)5-13(26)6-16(19)29)2-11(4-12)22(36)42-20-17(30)7-14(27)8-18(20)31/h5-8,10-12H,2-4,9H2,1H3,(H,38,39,40). The fraction of sp³-hybridized carbons (Fsp3) is 0.400. The van der Waals surface area contributed by atoms with Gasteiger partial charge in [0.15, 0.2) is 11.5 Å². The Morgan fingerprint density at radius 1 is 0.750 bits per heavy atom. The summed E-state index contributed by atoms with van der Waals surface area (Å²) in [4.78, 5) is 39.8. The summed E-state index contributed by atoms with van der Waals surface area (Å²) in [6, 6.07) is 6.37. The maximum atomic E-state index is 13.8. The van der Waals surface area contributed by atoms with Gasteiger partial charge >= 0.3 is 24.1 Å². The Kier molecular flexibility index (Phi) is 12.6. The summed E-state index contributed by atoms with van der Waals surface area (Å²) in [7, 11) is -5.25. The Labute approximate surface area is 299 Å². The number of alkyl halides is 3. The maximum absolute atomic E-state index is 13.8. The predicted octanol–water partition coefficient (Wildman–Crippen LogP) is 8.56. The molecular weight excluding hydrogens is 1010 g/mol. The van der Waals surface area contributed by atoms with Gasteiger partial charge in [0.2, 0.25) is 5.60 Å². The number of esters is 3. The van der Waals surface area contributed by atoms with Crippen LogP contribution in [0.3, 0.4) is 0 Å². The quantitative estimate of drug-likeness (QED) is 0.157. The summed E-state index contributed by atoms with van der Waals surface area (Å²) in [6.07, 6.45) is -6.37. The van der Waals surface area contributed by atoms with E-state index >= 15 is 0 Å². The fourth-order valence-electron chi connectivity index (χ4n) is 4.34. The Hall–Kier alpha value is -0.570. The van der Waals surface area contributed by atoms with Gasteiger partial charge in [-0.25, -0.2) is 0 Å². The predicted molar refractivity (Wildman–Crippen MR) is 172 cm³/mol. The number of carbonyl (C=O) groups excluding carboxylic acids is 3. The second kappa shape index (κ2) is 14.7. The molecule has 0 aromatic heterocycles. The van der Waals surface area contributed by atoms with Crippen molar-refractivity contribution in [3.8, 4) is 11.5 Å². The lowest BCUT2D eigenvalue weighted by Crippen LogP contribution is -2.52. The van der Waals surface area contributed by atoms with Gasteiger partial charge in [0.1, 0.15) is 5.75 Å². The van der Waals surface area contributed by atoms with Gasteiger partial charge in [0, 0.05) is 8.95 Å². The molecule has 0 heterocycles. The molecule has 3 unspecified atom stereocenters. The normalized spacial score (nSPS) is 20.4. The lowest BCUT2D eigenvalue weighted by Gasteiger charge is -2.35. The first-order valence-corrected chi connectivity index (χ1v) is 18.4. The second-order valence-electron chi connectivity index (χ2n) is 9.91. The molecule has 19 heteroatoms. The van der Waals surface area contributed by atoms with Crippen LogP contribution in [0.2, 0.25) is 0 Å². The van der Waals surface area contributed by atoms with Gasteiger partial charge in [-0.1, -0.05) is 31.9 Å². The van der Waals surface area contributed by atoms with E-state index in [1.165, 1.54) is 0 Å². The van der Waals surface area contributed by atoms with Crippen LogP contribution in [0, 0.1) is 17.8 Å². The molecule has 0 saturated heterocycles. The average Bonchev–Trinajstić information content (AvgIpc) is 2.85. The smallest absolute Gasteiger partial charge is 0.429 e. The van der Waals surface area contributed by atoms with Crippen molar-refractivity contribution in [3.63, 3.8) is 0 Å². The van der Waals surface area contributed by atoms with Crippen molar-refractivity contribution in [3.05, 3.63) is 51.1 Å². The summed E-state index contributed by atoms with van der Waals surface area (Å²) in [5.74, 6) is -9.02. The lowest BCUT2D eigenvalue weighted by atomic mass is 9.75. The first kappa shape index (κ1) is 37.9. The van der Waals surface area contributed by atoms with Crippen LogP contribution in [0.5, 0.6) is 11.5 Å². The Morgan fingerprint density at radius 3 is 1.36 bits per heavy atom. The zero-order chi connectivity index (χ0) is 33.4. The van der Waals surface area contributed by atoms with Gasteiger partial charge in [-0.3, -0.25) is 18.9 Å². The van der Waals surface area contributed by atoms with Crippen molar-refractivity contribution in [1.29, 1.82) is 0 Å². The maximum Gasteiger partial charge on any atom is 0.429 e. The van der Waals surface area contributed by atoms with Crippen LogP contribution in [-0.2, 0) is 29.2 Å². The molecule has 1 aliphatic carbocycles. The molecule has 0 radical (unpaired) electrons. The number of carbonyl (C=O) groups is 3. The third kappa shape index (κ3) is 9.73. The molecule has 44 heavy (non-hydrogen) atoms. The van der Waals surface area contributed by atoms with Crippen LogP contribution in [0.4, 0.5) is 13.2 Å². The van der Waals surface area contributed by atoms with Gasteiger partial charge in [0.05, 0.1) is 35.6 Å². The molecule has 1 saturated carbocycles. The number of hydrogen-bond acceptors (Lipinski definition) is 8. The molecule has 1 aliphatic rings. The molecule has 3 rings (SSSR count). The van der Waals surface area contributed by atoms with Gasteiger partial charge in [0.25, 0.3) is 10.1 Å². The van der Waals surface area contributed by atoms with Crippen LogP contribution in [0.25, 0.3) is 0 Å². The molecule has 0 amide bonds. The largest absolute Gasteiger partial charge is 0.448 e. The molecule has 0 spiro atoms. The van der Waals surface area contributed by atoms with Crippen LogP contribution in [0.1, 0.15) is 26.2 Å². The van der Waals surface area contributed by atoms with E-state index in [4.69, 9.17) is 14.0 Å². The minimum absolute atomic E-state index is 0.0718. The summed E-state index contributed by atoms with van der Waals surface area (Å²) in [5.41, 5.74) is -3.62. The zero-order valence-corrected chi connectivity index (χ0v) is 32.2. The van der Waals surface area contributed by atoms with E-state index in [-0.39, 0.29) is 17.9 Å². The van der Waals surface area contributed by atoms with Crippen LogP contribution >= 0.6 is 95.6 Å². The number of ether oxygens (including phenoxy) is 3. The van der Waals surface area contributed by atoms with E-state index in [0.717, 1.165) is 0 Å². The number of rotatable bonds is 8. The Balaban J connectivity index is 1.95. The molecule has 2 aromatic carbocycles. The van der Waals surface area contributed by atoms with Crippen LogP contribution < -0.4 is 9.47 Å². The number of hydrogen-bond donors (Lipinski definition) is 1. The monoisotopic (exact) mass is 1030 g/mol. The van der Waals surface area contributed by atoms with Crippen LogP contribution in [0.15, 0.2) is 51.1 Å². The van der Waals surface area contributed by atoms with Crippen molar-refractivity contribution in [2.75, 3.05) is 5.75 Å². The Morgan fingerprint density at radius 2 is 1.07 bits per heavy atom. The highest BCUT2D eigenvalue weighted by Crippen LogP contribution is 2.43.